The van der Waals surface area contributed by atoms with Gasteiger partial charge in [0.05, 0.1) is 6.54 Å². The van der Waals surface area contributed by atoms with Crippen molar-refractivity contribution in [2.45, 2.75) is 6.92 Å². The standard InChI is InChI=1S/C5H6FN2/c1-4-2-7-5(6)8-3-4/h2-3H,1H3,(H,7,8). The molecule has 0 bridgehead atoms. The number of halogens is 1. The van der Waals surface area contributed by atoms with Gasteiger partial charge in [0.25, 0.3) is 6.09 Å². The van der Waals surface area contributed by atoms with E-state index in [9.17, 15) is 4.39 Å². The van der Waals surface area contributed by atoms with Crippen LogP contribution in [0.25, 0.3) is 0 Å². The highest BCUT2D eigenvalue weighted by atomic mass is 19.1. The molecule has 1 radical (unpaired) electrons. The highest BCUT2D eigenvalue weighted by Crippen LogP contribution is 2.00. The van der Waals surface area contributed by atoms with Gasteiger partial charge in [0.15, 0.2) is 0 Å². The lowest BCUT2D eigenvalue weighted by atomic mass is 10.3. The first-order valence-corrected chi connectivity index (χ1v) is 2.29. The van der Waals surface area contributed by atoms with Crippen LogP contribution in [0.1, 0.15) is 6.92 Å². The van der Waals surface area contributed by atoms with Gasteiger partial charge < -0.3 is 5.32 Å². The van der Waals surface area contributed by atoms with Crippen LogP contribution in [0.4, 0.5) is 4.39 Å². The molecule has 0 amide bonds. The normalized spacial score (nSPS) is 18.8. The van der Waals surface area contributed by atoms with E-state index in [1.54, 1.807) is 6.54 Å². The van der Waals surface area contributed by atoms with Crippen LogP contribution in [-0.2, 0) is 0 Å². The van der Waals surface area contributed by atoms with Gasteiger partial charge in [0.2, 0.25) is 0 Å². The molecule has 8 heavy (non-hydrogen) atoms. The van der Waals surface area contributed by atoms with Crippen LogP contribution < -0.4 is 5.32 Å². The molecule has 0 unspecified atom stereocenters. The highest BCUT2D eigenvalue weighted by molar-refractivity contribution is 5.75. The fraction of sp³-hybridized carbons (Fsp3) is 0.200. The third-order valence-electron chi connectivity index (χ3n) is 0.800. The zero-order chi connectivity index (χ0) is 5.98. The Bertz CT molecular complexity index is 131. The van der Waals surface area contributed by atoms with Crippen LogP contribution in [0.5, 0.6) is 0 Å². The number of hydrogen-bond acceptors (Lipinski definition) is 2. The Hall–Kier alpha value is -0.860. The Morgan fingerprint density at radius 2 is 2.50 bits per heavy atom. The molecular formula is C5H6FN2. The number of amidine groups is 1. The SMILES string of the molecule is CC1=CN=C(F)N[CH]1. The molecular weight excluding hydrogens is 107 g/mol. The minimum Gasteiger partial charge on any atom is -0.337 e. The Kier molecular flexibility index (Phi) is 1.28. The molecule has 0 fully saturated rings. The largest absolute Gasteiger partial charge is 0.337 e. The Labute approximate surface area is 47.1 Å². The van der Waals surface area contributed by atoms with Gasteiger partial charge in [-0.05, 0) is 12.5 Å². The summed E-state index contributed by atoms with van der Waals surface area (Å²) in [5, 5.41) is 2.32. The average Bonchev–Trinajstić information content (AvgIpc) is 1.77. The van der Waals surface area contributed by atoms with Gasteiger partial charge in [-0.3, -0.25) is 0 Å². The van der Waals surface area contributed by atoms with Crippen molar-refractivity contribution in [2.75, 3.05) is 0 Å². The monoisotopic (exact) mass is 113 g/mol. The van der Waals surface area contributed by atoms with Gasteiger partial charge in [-0.1, -0.05) is 0 Å². The van der Waals surface area contributed by atoms with Crippen molar-refractivity contribution in [1.29, 1.82) is 0 Å². The van der Waals surface area contributed by atoms with E-state index in [1.807, 2.05) is 6.92 Å². The van der Waals surface area contributed by atoms with Crippen molar-refractivity contribution < 1.29 is 4.39 Å². The number of nitrogens with zero attached hydrogens (tertiary/aromatic N) is 1. The molecule has 1 aliphatic heterocycles. The second-order valence-electron chi connectivity index (χ2n) is 1.58. The molecule has 0 saturated heterocycles. The van der Waals surface area contributed by atoms with Crippen molar-refractivity contribution in [1.82, 2.24) is 5.32 Å². The van der Waals surface area contributed by atoms with E-state index in [1.165, 1.54) is 6.20 Å². The quantitative estimate of drug-likeness (QED) is 0.465. The predicted molar refractivity (Wildman–Crippen MR) is 29.7 cm³/mol. The summed E-state index contributed by atoms with van der Waals surface area (Å²) >= 11 is 0. The maximum atomic E-state index is 11.9. The highest BCUT2D eigenvalue weighted by Gasteiger charge is 1.99. The molecule has 0 saturated carbocycles. The fourth-order valence-electron chi connectivity index (χ4n) is 0.406. The number of rotatable bonds is 0. The number of aliphatic imine (C=N–C) groups is 1. The molecule has 0 atom stereocenters. The first-order valence-electron chi connectivity index (χ1n) is 2.29. The molecule has 43 valence electrons. The third kappa shape index (κ3) is 1.05. The summed E-state index contributed by atoms with van der Waals surface area (Å²) in [5.74, 6) is 0. The molecule has 3 heteroatoms. The van der Waals surface area contributed by atoms with Gasteiger partial charge in [-0.25, -0.2) is 4.99 Å². The lowest BCUT2D eigenvalue weighted by Crippen LogP contribution is -2.18. The van der Waals surface area contributed by atoms with E-state index in [-0.39, 0.29) is 0 Å². The minimum absolute atomic E-state index is 0.546. The maximum absolute atomic E-state index is 11.9. The van der Waals surface area contributed by atoms with Crippen LogP contribution in [-0.4, -0.2) is 6.09 Å². The van der Waals surface area contributed by atoms with Crippen LogP contribution >= 0.6 is 0 Å². The second kappa shape index (κ2) is 1.94. The van der Waals surface area contributed by atoms with Crippen molar-refractivity contribution in [2.24, 2.45) is 4.99 Å². The smallest absolute Gasteiger partial charge is 0.282 e. The molecule has 1 aliphatic rings. The molecule has 2 nitrogen and oxygen atoms in total. The van der Waals surface area contributed by atoms with Crippen molar-refractivity contribution >= 4 is 6.09 Å². The third-order valence-corrected chi connectivity index (χ3v) is 0.800. The van der Waals surface area contributed by atoms with Crippen LogP contribution in [0, 0.1) is 6.54 Å². The summed E-state index contributed by atoms with van der Waals surface area (Å²) in [6.07, 6.45) is 0.918. The topological polar surface area (TPSA) is 24.4 Å². The van der Waals surface area contributed by atoms with Gasteiger partial charge in [-0.15, -0.1) is 0 Å². The van der Waals surface area contributed by atoms with E-state index in [0.717, 1.165) is 5.57 Å². The van der Waals surface area contributed by atoms with E-state index < -0.39 is 6.09 Å². The Morgan fingerprint density at radius 3 is 2.88 bits per heavy atom. The molecule has 1 N–H and O–H groups in total. The Morgan fingerprint density at radius 1 is 1.75 bits per heavy atom. The summed E-state index contributed by atoms with van der Waals surface area (Å²) in [6, 6.07) is 0. The number of nitrogens with one attached hydrogen (secondary N) is 1. The van der Waals surface area contributed by atoms with E-state index in [4.69, 9.17) is 0 Å². The second-order valence-corrected chi connectivity index (χ2v) is 1.58. The zero-order valence-electron chi connectivity index (χ0n) is 4.48. The van der Waals surface area contributed by atoms with Gasteiger partial charge in [0.1, 0.15) is 0 Å². The first-order chi connectivity index (χ1) is 3.79. The van der Waals surface area contributed by atoms with Crippen molar-refractivity contribution in [3.05, 3.63) is 18.3 Å². The van der Waals surface area contributed by atoms with Crippen LogP contribution in [0.15, 0.2) is 16.8 Å². The van der Waals surface area contributed by atoms with Gasteiger partial charge >= 0.3 is 0 Å². The van der Waals surface area contributed by atoms with Crippen LogP contribution in [0.2, 0.25) is 0 Å². The van der Waals surface area contributed by atoms with E-state index in [0.29, 0.717) is 0 Å². The van der Waals surface area contributed by atoms with E-state index in [2.05, 4.69) is 10.3 Å². The summed E-state index contributed by atoms with van der Waals surface area (Å²) in [4.78, 5) is 3.36. The van der Waals surface area contributed by atoms with Crippen molar-refractivity contribution in [3.8, 4) is 0 Å². The molecule has 1 heterocycles. The summed E-state index contributed by atoms with van der Waals surface area (Å²) < 4.78 is 11.9. The lowest BCUT2D eigenvalue weighted by molar-refractivity contribution is 0.742. The maximum Gasteiger partial charge on any atom is 0.282 e. The minimum atomic E-state index is -0.546. The fourth-order valence-corrected chi connectivity index (χ4v) is 0.406. The summed E-state index contributed by atoms with van der Waals surface area (Å²) in [5.41, 5.74) is 0.923. The molecule has 0 spiro atoms. The average molecular weight is 113 g/mol. The predicted octanol–water partition coefficient (Wildman–Crippen LogP) is 0.981. The van der Waals surface area contributed by atoms with E-state index >= 15 is 0 Å². The molecule has 0 aliphatic carbocycles. The molecule has 0 aromatic rings. The lowest BCUT2D eigenvalue weighted by Gasteiger charge is -2.04. The summed E-state index contributed by atoms with van der Waals surface area (Å²) in [7, 11) is 0. The van der Waals surface area contributed by atoms with Crippen LogP contribution in [0.3, 0.4) is 0 Å². The molecule has 0 aromatic heterocycles. The first kappa shape index (κ1) is 5.28. The Balaban J connectivity index is 2.65. The molecule has 0 aromatic carbocycles. The zero-order valence-corrected chi connectivity index (χ0v) is 4.48. The summed E-state index contributed by atoms with van der Waals surface area (Å²) in [6.45, 7) is 3.39. The molecule has 1 rings (SSSR count). The van der Waals surface area contributed by atoms with Gasteiger partial charge in [-0.2, -0.15) is 4.39 Å². The van der Waals surface area contributed by atoms with Gasteiger partial charge in [0, 0.05) is 6.20 Å². The van der Waals surface area contributed by atoms with Crippen molar-refractivity contribution in [3.63, 3.8) is 0 Å². The number of hydrogen-bond donors (Lipinski definition) is 1.